The molecule has 1 aromatic carbocycles. The zero-order valence-electron chi connectivity index (χ0n) is 14.2. The molecule has 4 rings (SSSR count). The lowest BCUT2D eigenvalue weighted by molar-refractivity contribution is -0.126. The Morgan fingerprint density at radius 1 is 1.41 bits per heavy atom. The summed E-state index contributed by atoms with van der Waals surface area (Å²) in [5.41, 5.74) is 0.0512. The molecule has 1 unspecified atom stereocenters. The highest BCUT2D eigenvalue weighted by Gasteiger charge is 2.45. The quantitative estimate of drug-likeness (QED) is 0.712. The van der Waals surface area contributed by atoms with Crippen LogP contribution < -0.4 is 5.32 Å². The van der Waals surface area contributed by atoms with E-state index in [0.29, 0.717) is 5.69 Å². The van der Waals surface area contributed by atoms with Gasteiger partial charge in [0.2, 0.25) is 11.6 Å². The number of alkyl halides is 1. The van der Waals surface area contributed by atoms with Gasteiger partial charge in [-0.15, -0.1) is 0 Å². The molecule has 136 valence electrons. The molecule has 1 saturated heterocycles. The number of benzene rings is 1. The molecule has 3 aromatic rings. The number of likely N-dealkylation sites (tertiary alicyclic amines) is 1. The van der Waals surface area contributed by atoms with E-state index in [1.807, 2.05) is 41.2 Å². The van der Waals surface area contributed by atoms with Crippen molar-refractivity contribution < 1.29 is 13.7 Å². The van der Waals surface area contributed by atoms with Gasteiger partial charge in [0.25, 0.3) is 5.91 Å². The van der Waals surface area contributed by atoms with Crippen molar-refractivity contribution in [3.63, 3.8) is 0 Å². The summed E-state index contributed by atoms with van der Waals surface area (Å²) >= 11 is 0. The van der Waals surface area contributed by atoms with Crippen LogP contribution in [-0.4, -0.2) is 44.3 Å². The minimum atomic E-state index is -2.12. The maximum Gasteiger partial charge on any atom is 0.266 e. The van der Waals surface area contributed by atoms with Gasteiger partial charge in [-0.1, -0.05) is 17.3 Å². The van der Waals surface area contributed by atoms with E-state index in [9.17, 15) is 9.18 Å². The second-order valence-electron chi connectivity index (χ2n) is 6.29. The number of amides is 1. The average molecular weight is 366 g/mol. The number of hydrogen-bond acceptors (Lipinski definition) is 6. The largest absolute Gasteiger partial charge is 0.338 e. The van der Waals surface area contributed by atoms with Crippen molar-refractivity contribution >= 4 is 11.8 Å². The van der Waals surface area contributed by atoms with Crippen LogP contribution in [0.5, 0.6) is 0 Å². The molecule has 0 radical (unpaired) electrons. The Morgan fingerprint density at radius 3 is 3.04 bits per heavy atom. The van der Waals surface area contributed by atoms with Crippen LogP contribution >= 0.6 is 0 Å². The number of anilines is 1. The Hall–Kier alpha value is -3.67. The van der Waals surface area contributed by atoms with Gasteiger partial charge in [0, 0.05) is 42.7 Å². The minimum absolute atomic E-state index is 0.0413. The van der Waals surface area contributed by atoms with Crippen LogP contribution in [0.2, 0.25) is 0 Å². The number of carbonyl (C=O) groups excluding carboxylic acids is 1. The number of hydrogen-bond donors (Lipinski definition) is 1. The number of nitrogens with one attached hydrogen (secondary N) is 1. The van der Waals surface area contributed by atoms with Gasteiger partial charge in [-0.2, -0.15) is 5.26 Å². The number of imidazole rings is 1. The number of nitrogens with zero attached hydrogens (tertiary/aromatic N) is 5. The van der Waals surface area contributed by atoms with E-state index in [4.69, 9.17) is 9.78 Å². The first-order valence-corrected chi connectivity index (χ1v) is 8.28. The second-order valence-corrected chi connectivity index (χ2v) is 6.29. The van der Waals surface area contributed by atoms with E-state index in [1.165, 1.54) is 11.0 Å². The molecule has 1 atom stereocenters. The fraction of sp³-hybridized carbons (Fsp3) is 0.222. The van der Waals surface area contributed by atoms with Gasteiger partial charge in [0.05, 0.1) is 12.9 Å². The third-order valence-electron chi connectivity index (χ3n) is 4.46. The SMILES string of the molecule is N#CN1CCC(F)(C(=O)Nc2cc(-c3cccc(-n4ccnc4)c3)no2)C1. The molecule has 1 aliphatic rings. The summed E-state index contributed by atoms with van der Waals surface area (Å²) in [6.45, 7) is -0.0492. The van der Waals surface area contributed by atoms with Crippen LogP contribution in [0.1, 0.15) is 6.42 Å². The van der Waals surface area contributed by atoms with Crippen LogP contribution in [0.3, 0.4) is 0 Å². The molecular weight excluding hydrogens is 351 g/mol. The average Bonchev–Trinajstić information content (AvgIpc) is 3.43. The number of nitriles is 1. The zero-order chi connectivity index (χ0) is 18.9. The number of carbonyl (C=O) groups is 1. The summed E-state index contributed by atoms with van der Waals surface area (Å²) in [5, 5.41) is 15.2. The van der Waals surface area contributed by atoms with Crippen molar-refractivity contribution in [2.24, 2.45) is 0 Å². The van der Waals surface area contributed by atoms with Crippen LogP contribution in [0, 0.1) is 11.5 Å². The van der Waals surface area contributed by atoms with Gasteiger partial charge in [0.15, 0.2) is 6.19 Å². The molecular formula is C18H15FN6O2. The third kappa shape index (κ3) is 3.25. The van der Waals surface area contributed by atoms with E-state index in [2.05, 4.69) is 15.5 Å². The zero-order valence-corrected chi connectivity index (χ0v) is 14.2. The first kappa shape index (κ1) is 16.8. The smallest absolute Gasteiger partial charge is 0.266 e. The first-order chi connectivity index (χ1) is 13.1. The fourth-order valence-corrected chi connectivity index (χ4v) is 2.98. The topological polar surface area (TPSA) is 100.0 Å². The standard InChI is InChI=1S/C18H15FN6O2/c19-18(4-6-24(10-18)11-20)17(26)22-16-9-15(23-27-16)13-2-1-3-14(8-13)25-7-5-21-12-25/h1-3,5,7-9,12H,4,6,10H2,(H,22,26). The maximum absolute atomic E-state index is 14.7. The minimum Gasteiger partial charge on any atom is -0.338 e. The van der Waals surface area contributed by atoms with Gasteiger partial charge < -0.3 is 14.0 Å². The summed E-state index contributed by atoms with van der Waals surface area (Å²) in [7, 11) is 0. The Balaban J connectivity index is 1.50. The van der Waals surface area contributed by atoms with Crippen molar-refractivity contribution in [3.05, 3.63) is 49.1 Å². The maximum atomic E-state index is 14.7. The summed E-state index contributed by atoms with van der Waals surface area (Å²) in [4.78, 5) is 17.5. The fourth-order valence-electron chi connectivity index (χ4n) is 2.98. The highest BCUT2D eigenvalue weighted by atomic mass is 19.1. The van der Waals surface area contributed by atoms with Gasteiger partial charge in [0.1, 0.15) is 5.69 Å². The van der Waals surface area contributed by atoms with Crippen molar-refractivity contribution in [1.29, 1.82) is 5.26 Å². The Morgan fingerprint density at radius 2 is 2.30 bits per heavy atom. The predicted molar refractivity (Wildman–Crippen MR) is 93.3 cm³/mol. The van der Waals surface area contributed by atoms with Gasteiger partial charge in [-0.3, -0.25) is 10.1 Å². The molecule has 0 spiro atoms. The summed E-state index contributed by atoms with van der Waals surface area (Å²) in [5.74, 6) is -0.786. The Kier molecular flexibility index (Phi) is 4.08. The number of halogens is 1. The molecule has 0 bridgehead atoms. The predicted octanol–water partition coefficient (Wildman–Crippen LogP) is 2.36. The molecule has 27 heavy (non-hydrogen) atoms. The molecule has 0 aliphatic carbocycles. The van der Waals surface area contributed by atoms with Crippen LogP contribution in [-0.2, 0) is 4.79 Å². The summed E-state index contributed by atoms with van der Waals surface area (Å²) in [6.07, 6.45) is 6.99. The van der Waals surface area contributed by atoms with Crippen molar-refractivity contribution in [2.45, 2.75) is 12.1 Å². The van der Waals surface area contributed by atoms with E-state index in [-0.39, 0.29) is 25.4 Å². The van der Waals surface area contributed by atoms with E-state index >= 15 is 0 Å². The van der Waals surface area contributed by atoms with Gasteiger partial charge >= 0.3 is 0 Å². The monoisotopic (exact) mass is 366 g/mol. The van der Waals surface area contributed by atoms with E-state index < -0.39 is 11.6 Å². The second kappa shape index (κ2) is 6.57. The lowest BCUT2D eigenvalue weighted by Gasteiger charge is -2.16. The molecule has 3 heterocycles. The number of rotatable bonds is 4. The lowest BCUT2D eigenvalue weighted by atomic mass is 10.1. The number of aromatic nitrogens is 3. The van der Waals surface area contributed by atoms with Crippen molar-refractivity contribution in [3.8, 4) is 23.1 Å². The van der Waals surface area contributed by atoms with E-state index in [1.54, 1.807) is 12.5 Å². The molecule has 2 aromatic heterocycles. The van der Waals surface area contributed by atoms with Crippen molar-refractivity contribution in [1.82, 2.24) is 19.6 Å². The van der Waals surface area contributed by atoms with Crippen LogP contribution in [0.4, 0.5) is 10.3 Å². The van der Waals surface area contributed by atoms with Gasteiger partial charge in [-0.05, 0) is 12.1 Å². The summed E-state index contributed by atoms with van der Waals surface area (Å²) < 4.78 is 21.7. The van der Waals surface area contributed by atoms with E-state index in [0.717, 1.165) is 11.3 Å². The van der Waals surface area contributed by atoms with Crippen LogP contribution in [0.25, 0.3) is 16.9 Å². The highest BCUT2D eigenvalue weighted by Crippen LogP contribution is 2.28. The van der Waals surface area contributed by atoms with Crippen molar-refractivity contribution in [2.75, 3.05) is 18.4 Å². The first-order valence-electron chi connectivity index (χ1n) is 8.28. The molecule has 0 saturated carbocycles. The van der Waals surface area contributed by atoms with Crippen LogP contribution in [0.15, 0.2) is 53.6 Å². The van der Waals surface area contributed by atoms with Gasteiger partial charge in [-0.25, -0.2) is 9.37 Å². The Bertz CT molecular complexity index is 1010. The molecule has 1 aliphatic heterocycles. The molecule has 1 amide bonds. The highest BCUT2D eigenvalue weighted by molar-refractivity contribution is 5.97. The molecule has 1 fully saturated rings. The Labute approximate surface area is 153 Å². The lowest BCUT2D eigenvalue weighted by Crippen LogP contribution is -2.40. The normalized spacial score (nSPS) is 19.0. The summed E-state index contributed by atoms with van der Waals surface area (Å²) in [6, 6.07) is 9.06. The third-order valence-corrected chi connectivity index (χ3v) is 4.46. The molecule has 8 nitrogen and oxygen atoms in total. The molecule has 1 N–H and O–H groups in total. The molecule has 9 heteroatoms.